The molecule has 0 fully saturated rings. The largest absolute Gasteiger partial charge is 0.356 e. The highest BCUT2D eigenvalue weighted by Crippen LogP contribution is 2.17. The Morgan fingerprint density at radius 1 is 1.55 bits per heavy atom. The van der Waals surface area contributed by atoms with Crippen LogP contribution in [0.25, 0.3) is 0 Å². The molecule has 0 unspecified atom stereocenters. The van der Waals surface area contributed by atoms with E-state index in [1.165, 1.54) is 6.92 Å². The Morgan fingerprint density at radius 3 is 2.45 bits per heavy atom. The summed E-state index contributed by atoms with van der Waals surface area (Å²) >= 11 is 0. The van der Waals surface area contributed by atoms with Crippen LogP contribution in [0.1, 0.15) is 27.2 Å². The van der Waals surface area contributed by atoms with Crippen molar-refractivity contribution in [2.24, 2.45) is 11.1 Å². The molecule has 0 saturated heterocycles. The molecule has 0 bridgehead atoms. The lowest BCUT2D eigenvalue weighted by molar-refractivity contribution is -0.119. The first-order valence-corrected chi connectivity index (χ1v) is 3.92. The van der Waals surface area contributed by atoms with Crippen molar-refractivity contribution in [3.63, 3.8) is 0 Å². The highest BCUT2D eigenvalue weighted by Gasteiger charge is 2.16. The van der Waals surface area contributed by atoms with Crippen molar-refractivity contribution in [2.75, 3.05) is 13.1 Å². The van der Waals surface area contributed by atoms with Crippen molar-refractivity contribution in [1.82, 2.24) is 5.32 Å². The topological polar surface area (TPSA) is 55.1 Å². The fraction of sp³-hybridized carbons (Fsp3) is 0.875. The average Bonchev–Trinajstić information content (AvgIpc) is 1.84. The van der Waals surface area contributed by atoms with Crippen LogP contribution in [0.5, 0.6) is 0 Å². The highest BCUT2D eigenvalue weighted by molar-refractivity contribution is 5.72. The number of hydrogen-bond acceptors (Lipinski definition) is 2. The minimum Gasteiger partial charge on any atom is -0.356 e. The molecule has 0 aliphatic carbocycles. The Kier molecular flexibility index (Phi) is 4.11. The second kappa shape index (κ2) is 4.34. The van der Waals surface area contributed by atoms with Crippen LogP contribution in [0, 0.1) is 5.41 Å². The van der Waals surface area contributed by atoms with Crippen LogP contribution < -0.4 is 11.1 Å². The van der Waals surface area contributed by atoms with Crippen molar-refractivity contribution in [2.45, 2.75) is 27.2 Å². The summed E-state index contributed by atoms with van der Waals surface area (Å²) in [5.41, 5.74) is 5.53. The number of hydrogen-bond donors (Lipinski definition) is 2. The van der Waals surface area contributed by atoms with Gasteiger partial charge in [-0.05, 0) is 18.4 Å². The van der Waals surface area contributed by atoms with Crippen molar-refractivity contribution in [1.29, 1.82) is 0 Å². The normalized spacial score (nSPS) is 11.3. The fourth-order valence-electron chi connectivity index (χ4n) is 0.843. The number of amides is 1. The molecule has 0 saturated carbocycles. The average molecular weight is 158 g/mol. The van der Waals surface area contributed by atoms with Crippen LogP contribution in [0.2, 0.25) is 0 Å². The van der Waals surface area contributed by atoms with Crippen LogP contribution in [-0.4, -0.2) is 19.0 Å². The first-order chi connectivity index (χ1) is 4.98. The van der Waals surface area contributed by atoms with Crippen LogP contribution in [0.3, 0.4) is 0 Å². The Balaban J connectivity index is 3.63. The molecule has 0 aliphatic heterocycles. The van der Waals surface area contributed by atoms with Gasteiger partial charge in [-0.25, -0.2) is 0 Å². The molecule has 0 aliphatic rings. The van der Waals surface area contributed by atoms with Gasteiger partial charge in [-0.3, -0.25) is 4.79 Å². The minimum absolute atomic E-state index is 0.0232. The van der Waals surface area contributed by atoms with E-state index in [1.807, 2.05) is 0 Å². The van der Waals surface area contributed by atoms with Gasteiger partial charge >= 0.3 is 0 Å². The summed E-state index contributed by atoms with van der Waals surface area (Å²) in [6.45, 7) is 7.09. The van der Waals surface area contributed by atoms with Gasteiger partial charge in [0.2, 0.25) is 5.91 Å². The molecule has 11 heavy (non-hydrogen) atoms. The quantitative estimate of drug-likeness (QED) is 0.626. The zero-order valence-electron chi connectivity index (χ0n) is 7.61. The molecule has 0 aromatic heterocycles. The summed E-state index contributed by atoms with van der Waals surface area (Å²) in [7, 11) is 0. The summed E-state index contributed by atoms with van der Waals surface area (Å²) in [4.78, 5) is 10.6. The van der Waals surface area contributed by atoms with Gasteiger partial charge < -0.3 is 11.1 Å². The van der Waals surface area contributed by atoms with E-state index in [0.717, 1.165) is 6.42 Å². The fourth-order valence-corrected chi connectivity index (χ4v) is 0.843. The molecule has 3 heteroatoms. The van der Waals surface area contributed by atoms with E-state index in [0.29, 0.717) is 13.1 Å². The van der Waals surface area contributed by atoms with Crippen LogP contribution in [0.15, 0.2) is 0 Å². The second-order valence-corrected chi connectivity index (χ2v) is 3.61. The Morgan fingerprint density at radius 2 is 2.09 bits per heavy atom. The molecule has 0 heterocycles. The summed E-state index contributed by atoms with van der Waals surface area (Å²) in [6.07, 6.45) is 0.938. The Labute approximate surface area is 68.3 Å². The zero-order chi connectivity index (χ0) is 8.91. The lowest BCUT2D eigenvalue weighted by Gasteiger charge is -2.23. The zero-order valence-corrected chi connectivity index (χ0v) is 7.61. The monoisotopic (exact) mass is 158 g/mol. The number of rotatable bonds is 4. The van der Waals surface area contributed by atoms with E-state index in [-0.39, 0.29) is 11.3 Å². The molecule has 0 atom stereocenters. The van der Waals surface area contributed by atoms with E-state index < -0.39 is 0 Å². The molecule has 0 spiro atoms. The maximum Gasteiger partial charge on any atom is 0.216 e. The lowest BCUT2D eigenvalue weighted by atomic mass is 9.89. The molecule has 0 aromatic rings. The molecule has 66 valence electrons. The maximum absolute atomic E-state index is 10.6. The van der Waals surface area contributed by atoms with E-state index >= 15 is 0 Å². The Hall–Kier alpha value is -0.570. The van der Waals surface area contributed by atoms with E-state index in [2.05, 4.69) is 19.2 Å². The van der Waals surface area contributed by atoms with E-state index in [4.69, 9.17) is 5.73 Å². The van der Waals surface area contributed by atoms with Crippen LogP contribution >= 0.6 is 0 Å². The smallest absolute Gasteiger partial charge is 0.216 e. The number of nitrogens with one attached hydrogen (secondary N) is 1. The van der Waals surface area contributed by atoms with Crippen molar-refractivity contribution in [3.05, 3.63) is 0 Å². The van der Waals surface area contributed by atoms with Gasteiger partial charge in [0.15, 0.2) is 0 Å². The molecule has 3 N–H and O–H groups in total. The van der Waals surface area contributed by atoms with Gasteiger partial charge in [-0.15, -0.1) is 0 Å². The standard InChI is InChI=1S/C8H18N2O/c1-7(11)10-6-8(2,3)4-5-9/h4-6,9H2,1-3H3,(H,10,11). The molecule has 0 rings (SSSR count). The number of carbonyl (C=O) groups is 1. The summed E-state index contributed by atoms with van der Waals surface area (Å²) < 4.78 is 0. The van der Waals surface area contributed by atoms with Gasteiger partial charge in [-0.2, -0.15) is 0 Å². The first kappa shape index (κ1) is 10.4. The van der Waals surface area contributed by atoms with Crippen LogP contribution in [-0.2, 0) is 4.79 Å². The first-order valence-electron chi connectivity index (χ1n) is 3.92. The van der Waals surface area contributed by atoms with Crippen molar-refractivity contribution < 1.29 is 4.79 Å². The van der Waals surface area contributed by atoms with E-state index in [9.17, 15) is 4.79 Å². The molecule has 1 amide bonds. The second-order valence-electron chi connectivity index (χ2n) is 3.61. The van der Waals surface area contributed by atoms with Crippen molar-refractivity contribution >= 4 is 5.91 Å². The molecule has 0 aromatic carbocycles. The van der Waals surface area contributed by atoms with Crippen molar-refractivity contribution in [3.8, 4) is 0 Å². The molecule has 3 nitrogen and oxygen atoms in total. The molecular weight excluding hydrogens is 140 g/mol. The molecule has 0 radical (unpaired) electrons. The van der Waals surface area contributed by atoms with E-state index in [1.54, 1.807) is 0 Å². The Bertz CT molecular complexity index is 132. The third-order valence-electron chi connectivity index (χ3n) is 1.64. The maximum atomic E-state index is 10.6. The lowest BCUT2D eigenvalue weighted by Crippen LogP contribution is -2.33. The summed E-state index contributed by atoms with van der Waals surface area (Å²) in [5.74, 6) is 0.0232. The summed E-state index contributed by atoms with van der Waals surface area (Å²) in [6, 6.07) is 0. The minimum atomic E-state index is 0.0232. The van der Waals surface area contributed by atoms with Gasteiger partial charge in [0.1, 0.15) is 0 Å². The van der Waals surface area contributed by atoms with Gasteiger partial charge in [0.05, 0.1) is 0 Å². The molecular formula is C8H18N2O. The number of nitrogens with two attached hydrogens (primary N) is 1. The summed E-state index contributed by atoms with van der Waals surface area (Å²) in [5, 5.41) is 2.78. The van der Waals surface area contributed by atoms with Gasteiger partial charge in [0.25, 0.3) is 0 Å². The number of carbonyl (C=O) groups excluding carboxylic acids is 1. The van der Waals surface area contributed by atoms with Crippen LogP contribution in [0.4, 0.5) is 0 Å². The third kappa shape index (κ3) is 5.85. The van der Waals surface area contributed by atoms with Gasteiger partial charge in [-0.1, -0.05) is 13.8 Å². The third-order valence-corrected chi connectivity index (χ3v) is 1.64. The predicted molar refractivity (Wildman–Crippen MR) is 46.1 cm³/mol. The van der Waals surface area contributed by atoms with Gasteiger partial charge in [0, 0.05) is 13.5 Å². The SMILES string of the molecule is CC(=O)NCC(C)(C)CCN. The predicted octanol–water partition coefficient (Wildman–Crippen LogP) is 0.497. The highest BCUT2D eigenvalue weighted by atomic mass is 16.1.